The third-order valence-corrected chi connectivity index (χ3v) is 6.01. The summed E-state index contributed by atoms with van der Waals surface area (Å²) in [6.45, 7) is 4.11. The topological polar surface area (TPSA) is 24.9 Å². The molecule has 0 bridgehead atoms. The molecule has 0 amide bonds. The second-order valence-electron chi connectivity index (χ2n) is 5.56. The molecule has 2 aromatic rings. The molecule has 0 spiro atoms. The standard InChI is InChI=1S/C17H22N2S2/c1-13-7-8-15(20-13)16-11-19-17(21-16)12-18-10-9-14-5-3-2-4-6-14/h5,7-8,11,18H,2-4,6,9-10,12H2,1H3. The first-order valence-corrected chi connectivity index (χ1v) is 9.35. The molecule has 1 aliphatic carbocycles. The normalized spacial score (nSPS) is 15.2. The summed E-state index contributed by atoms with van der Waals surface area (Å²) in [5.74, 6) is 0. The Labute approximate surface area is 134 Å². The van der Waals surface area contributed by atoms with Gasteiger partial charge in [-0.3, -0.25) is 0 Å². The lowest BCUT2D eigenvalue weighted by Gasteiger charge is -2.12. The van der Waals surface area contributed by atoms with Crippen molar-refractivity contribution in [3.05, 3.63) is 39.9 Å². The van der Waals surface area contributed by atoms with E-state index in [4.69, 9.17) is 0 Å². The van der Waals surface area contributed by atoms with Gasteiger partial charge in [0.2, 0.25) is 0 Å². The number of hydrogen-bond donors (Lipinski definition) is 1. The Morgan fingerprint density at radius 1 is 1.19 bits per heavy atom. The summed E-state index contributed by atoms with van der Waals surface area (Å²) < 4.78 is 0. The van der Waals surface area contributed by atoms with E-state index < -0.39 is 0 Å². The summed E-state index contributed by atoms with van der Waals surface area (Å²) in [6.07, 6.45) is 11.0. The van der Waals surface area contributed by atoms with Crippen LogP contribution in [0.3, 0.4) is 0 Å². The average Bonchev–Trinajstić information content (AvgIpc) is 3.13. The molecule has 21 heavy (non-hydrogen) atoms. The zero-order valence-electron chi connectivity index (χ0n) is 12.5. The monoisotopic (exact) mass is 318 g/mol. The molecule has 2 nitrogen and oxygen atoms in total. The Hall–Kier alpha value is -0.970. The Morgan fingerprint density at radius 3 is 2.90 bits per heavy atom. The molecule has 3 rings (SSSR count). The Bertz CT molecular complexity index is 610. The Morgan fingerprint density at radius 2 is 2.14 bits per heavy atom. The van der Waals surface area contributed by atoms with Crippen LogP contribution in [0.2, 0.25) is 0 Å². The number of aryl methyl sites for hydroxylation is 1. The first-order valence-electron chi connectivity index (χ1n) is 7.71. The van der Waals surface area contributed by atoms with Gasteiger partial charge in [-0.15, -0.1) is 22.7 Å². The zero-order valence-corrected chi connectivity index (χ0v) is 14.2. The van der Waals surface area contributed by atoms with Gasteiger partial charge in [-0.1, -0.05) is 11.6 Å². The van der Waals surface area contributed by atoms with Crippen molar-refractivity contribution in [1.82, 2.24) is 10.3 Å². The number of hydrogen-bond acceptors (Lipinski definition) is 4. The lowest BCUT2D eigenvalue weighted by atomic mass is 9.97. The third kappa shape index (κ3) is 4.25. The maximum atomic E-state index is 4.53. The molecule has 4 heteroatoms. The smallest absolute Gasteiger partial charge is 0.107 e. The largest absolute Gasteiger partial charge is 0.310 e. The van der Waals surface area contributed by atoms with E-state index in [2.05, 4.69) is 35.4 Å². The quantitative estimate of drug-likeness (QED) is 0.588. The zero-order chi connectivity index (χ0) is 14.5. The van der Waals surface area contributed by atoms with E-state index in [0.717, 1.165) is 13.1 Å². The lowest BCUT2D eigenvalue weighted by Crippen LogP contribution is -2.15. The summed E-state index contributed by atoms with van der Waals surface area (Å²) in [6, 6.07) is 4.37. The molecule has 1 aliphatic rings. The van der Waals surface area contributed by atoms with Crippen molar-refractivity contribution in [3.8, 4) is 9.75 Å². The van der Waals surface area contributed by atoms with Gasteiger partial charge in [-0.2, -0.15) is 0 Å². The van der Waals surface area contributed by atoms with Gasteiger partial charge in [0.15, 0.2) is 0 Å². The predicted octanol–water partition coefficient (Wildman–Crippen LogP) is 5.16. The van der Waals surface area contributed by atoms with Gasteiger partial charge >= 0.3 is 0 Å². The summed E-state index contributed by atoms with van der Waals surface area (Å²) in [4.78, 5) is 8.52. The highest BCUT2D eigenvalue weighted by molar-refractivity contribution is 7.21. The average molecular weight is 319 g/mol. The molecule has 112 valence electrons. The molecule has 0 unspecified atom stereocenters. The van der Waals surface area contributed by atoms with Crippen LogP contribution in [0.25, 0.3) is 9.75 Å². The van der Waals surface area contributed by atoms with Gasteiger partial charge in [0.1, 0.15) is 5.01 Å². The molecular weight excluding hydrogens is 296 g/mol. The molecule has 0 saturated carbocycles. The van der Waals surface area contributed by atoms with Crippen LogP contribution in [0.5, 0.6) is 0 Å². The van der Waals surface area contributed by atoms with E-state index in [9.17, 15) is 0 Å². The fraction of sp³-hybridized carbons (Fsp3) is 0.471. The minimum Gasteiger partial charge on any atom is -0.310 e. The minimum absolute atomic E-state index is 0.891. The number of thiazole rings is 1. The summed E-state index contributed by atoms with van der Waals surface area (Å²) in [7, 11) is 0. The van der Waals surface area contributed by atoms with Gasteiger partial charge in [0, 0.05) is 22.5 Å². The maximum absolute atomic E-state index is 4.53. The second kappa shape index (κ2) is 7.34. The fourth-order valence-electron chi connectivity index (χ4n) is 2.65. The summed E-state index contributed by atoms with van der Waals surface area (Å²) >= 11 is 3.65. The van der Waals surface area contributed by atoms with Crippen molar-refractivity contribution in [2.45, 2.75) is 45.6 Å². The Kier molecular flexibility index (Phi) is 5.22. The highest BCUT2D eigenvalue weighted by atomic mass is 32.1. The van der Waals surface area contributed by atoms with Crippen LogP contribution in [0.15, 0.2) is 30.0 Å². The van der Waals surface area contributed by atoms with E-state index in [-0.39, 0.29) is 0 Å². The van der Waals surface area contributed by atoms with Crippen LogP contribution in [0, 0.1) is 6.92 Å². The number of thiophene rings is 1. The van der Waals surface area contributed by atoms with Gasteiger partial charge in [0.05, 0.1) is 4.88 Å². The van der Waals surface area contributed by atoms with Crippen molar-refractivity contribution in [1.29, 1.82) is 0 Å². The molecule has 1 N–H and O–H groups in total. The molecule has 0 radical (unpaired) electrons. The number of rotatable bonds is 6. The molecule has 0 saturated heterocycles. The van der Waals surface area contributed by atoms with E-state index in [0.29, 0.717) is 0 Å². The third-order valence-electron chi connectivity index (χ3n) is 3.82. The van der Waals surface area contributed by atoms with Crippen LogP contribution in [0.4, 0.5) is 0 Å². The van der Waals surface area contributed by atoms with Crippen LogP contribution in [0.1, 0.15) is 42.0 Å². The van der Waals surface area contributed by atoms with Crippen molar-refractivity contribution < 1.29 is 0 Å². The van der Waals surface area contributed by atoms with E-state index in [1.54, 1.807) is 5.57 Å². The second-order valence-corrected chi connectivity index (χ2v) is 7.97. The fourth-order valence-corrected chi connectivity index (χ4v) is 4.48. The minimum atomic E-state index is 0.891. The van der Waals surface area contributed by atoms with Crippen LogP contribution >= 0.6 is 22.7 Å². The van der Waals surface area contributed by atoms with Gasteiger partial charge in [-0.05, 0) is 57.7 Å². The maximum Gasteiger partial charge on any atom is 0.107 e. The molecule has 0 atom stereocenters. The lowest BCUT2D eigenvalue weighted by molar-refractivity contribution is 0.631. The molecule has 0 fully saturated rings. The van der Waals surface area contributed by atoms with Crippen molar-refractivity contribution in [3.63, 3.8) is 0 Å². The number of aromatic nitrogens is 1. The predicted molar refractivity (Wildman–Crippen MR) is 93.0 cm³/mol. The van der Waals surface area contributed by atoms with Crippen molar-refractivity contribution >= 4 is 22.7 Å². The Balaban J connectivity index is 1.45. The van der Waals surface area contributed by atoms with Crippen LogP contribution in [-0.2, 0) is 6.54 Å². The van der Waals surface area contributed by atoms with Crippen molar-refractivity contribution in [2.24, 2.45) is 0 Å². The SMILES string of the molecule is Cc1ccc(-c2cnc(CNCCC3=CCCCC3)s2)s1. The molecular formula is C17H22N2S2. The summed E-state index contributed by atoms with van der Waals surface area (Å²) in [5.41, 5.74) is 1.64. The molecule has 0 aliphatic heterocycles. The summed E-state index contributed by atoms with van der Waals surface area (Å²) in [5, 5.41) is 4.72. The van der Waals surface area contributed by atoms with Gasteiger partial charge in [0.25, 0.3) is 0 Å². The van der Waals surface area contributed by atoms with E-state index in [1.807, 2.05) is 28.9 Å². The first-order chi connectivity index (χ1) is 10.3. The number of nitrogens with zero attached hydrogens (tertiary/aromatic N) is 1. The van der Waals surface area contributed by atoms with Crippen LogP contribution in [-0.4, -0.2) is 11.5 Å². The highest BCUT2D eigenvalue weighted by Crippen LogP contribution is 2.31. The molecule has 2 aromatic heterocycles. The van der Waals surface area contributed by atoms with Crippen LogP contribution < -0.4 is 5.32 Å². The number of nitrogens with one attached hydrogen (secondary N) is 1. The molecule has 0 aromatic carbocycles. The highest BCUT2D eigenvalue weighted by Gasteiger charge is 2.07. The molecule has 2 heterocycles. The number of allylic oxidation sites excluding steroid dienone is 1. The van der Waals surface area contributed by atoms with Gasteiger partial charge < -0.3 is 5.32 Å². The van der Waals surface area contributed by atoms with Crippen molar-refractivity contribution in [2.75, 3.05) is 6.54 Å². The van der Waals surface area contributed by atoms with E-state index >= 15 is 0 Å². The first kappa shape index (κ1) is 14.9. The van der Waals surface area contributed by atoms with Gasteiger partial charge in [-0.25, -0.2) is 4.98 Å². The van der Waals surface area contributed by atoms with E-state index in [1.165, 1.54) is 51.7 Å².